The summed E-state index contributed by atoms with van der Waals surface area (Å²) in [5.74, 6) is 0. The SMILES string of the molecule is NS(=O)(=O)c1ccc2nc(N3N=C(c4ccc(Cl)cc4)CC3c3ccccc3Cl)sc2c1. The van der Waals surface area contributed by atoms with Crippen molar-refractivity contribution in [1.29, 1.82) is 0 Å². The molecule has 0 bridgehead atoms. The van der Waals surface area contributed by atoms with Gasteiger partial charge >= 0.3 is 0 Å². The van der Waals surface area contributed by atoms with Crippen molar-refractivity contribution in [2.45, 2.75) is 17.4 Å². The molecule has 2 heterocycles. The van der Waals surface area contributed by atoms with Crippen molar-refractivity contribution in [2.75, 3.05) is 5.01 Å². The molecular formula is C22H16Cl2N4O2S2. The summed E-state index contributed by atoms with van der Waals surface area (Å²) in [6.45, 7) is 0. The van der Waals surface area contributed by atoms with Crippen LogP contribution >= 0.6 is 34.5 Å². The number of hydrazone groups is 1. The number of halogens is 2. The summed E-state index contributed by atoms with van der Waals surface area (Å²) in [5, 5.41) is 14.0. The smallest absolute Gasteiger partial charge is 0.231 e. The number of sulfonamides is 1. The average Bonchev–Trinajstić information content (AvgIpc) is 3.38. The molecule has 1 aromatic heterocycles. The molecule has 0 spiro atoms. The second-order valence-electron chi connectivity index (χ2n) is 7.31. The molecule has 2 N–H and O–H groups in total. The first kappa shape index (κ1) is 21.4. The van der Waals surface area contributed by atoms with Crippen molar-refractivity contribution >= 4 is 65.6 Å². The van der Waals surface area contributed by atoms with Gasteiger partial charge in [-0.15, -0.1) is 0 Å². The van der Waals surface area contributed by atoms with E-state index in [0.29, 0.717) is 31.8 Å². The first-order chi connectivity index (χ1) is 15.3. The van der Waals surface area contributed by atoms with E-state index in [2.05, 4.69) is 0 Å². The van der Waals surface area contributed by atoms with E-state index < -0.39 is 10.0 Å². The third kappa shape index (κ3) is 4.00. The second kappa shape index (κ2) is 8.13. The Balaban J connectivity index is 1.62. The van der Waals surface area contributed by atoms with Gasteiger partial charge in [0.2, 0.25) is 15.2 Å². The lowest BCUT2D eigenvalue weighted by Crippen LogP contribution is -2.18. The van der Waals surface area contributed by atoms with Gasteiger partial charge in [-0.05, 0) is 47.5 Å². The van der Waals surface area contributed by atoms with E-state index in [1.807, 2.05) is 53.5 Å². The number of nitrogens with zero attached hydrogens (tertiary/aromatic N) is 3. The predicted molar refractivity (Wildman–Crippen MR) is 130 cm³/mol. The summed E-state index contributed by atoms with van der Waals surface area (Å²) >= 11 is 13.9. The van der Waals surface area contributed by atoms with Gasteiger partial charge in [-0.3, -0.25) is 0 Å². The monoisotopic (exact) mass is 502 g/mol. The topological polar surface area (TPSA) is 88.7 Å². The standard InChI is InChI=1S/C22H16Cl2N4O2S2/c23-14-7-5-13(6-8-14)19-12-20(16-3-1-2-4-17(16)24)28(27-19)22-26-18-10-9-15(32(25,29)30)11-21(18)31-22/h1-11,20H,12H2,(H2,25,29,30). The lowest BCUT2D eigenvalue weighted by Gasteiger charge is -2.22. The highest BCUT2D eigenvalue weighted by Crippen LogP contribution is 2.42. The maximum atomic E-state index is 11.7. The van der Waals surface area contributed by atoms with Gasteiger partial charge in [0.15, 0.2) is 0 Å². The Morgan fingerprint density at radius 2 is 1.78 bits per heavy atom. The summed E-state index contributed by atoms with van der Waals surface area (Å²) in [6.07, 6.45) is 0.629. The summed E-state index contributed by atoms with van der Waals surface area (Å²) < 4.78 is 24.2. The van der Waals surface area contributed by atoms with Gasteiger partial charge in [0.05, 0.1) is 26.9 Å². The highest BCUT2D eigenvalue weighted by Gasteiger charge is 2.33. The van der Waals surface area contributed by atoms with Crippen LogP contribution in [-0.4, -0.2) is 19.1 Å². The largest absolute Gasteiger partial charge is 0.238 e. The maximum absolute atomic E-state index is 11.7. The van der Waals surface area contributed by atoms with Crippen molar-refractivity contribution < 1.29 is 8.42 Å². The number of thiazole rings is 1. The van der Waals surface area contributed by atoms with Gasteiger partial charge in [0, 0.05) is 16.5 Å². The van der Waals surface area contributed by atoms with Crippen LogP contribution < -0.4 is 10.1 Å². The fraction of sp³-hybridized carbons (Fsp3) is 0.0909. The predicted octanol–water partition coefficient (Wildman–Crippen LogP) is 5.61. The maximum Gasteiger partial charge on any atom is 0.238 e. The molecule has 6 nitrogen and oxygen atoms in total. The number of nitrogens with two attached hydrogens (primary N) is 1. The number of hydrogen-bond acceptors (Lipinski definition) is 6. The molecule has 0 saturated carbocycles. The fourth-order valence-corrected chi connectivity index (χ4v) is 5.67. The Morgan fingerprint density at radius 1 is 1.03 bits per heavy atom. The number of rotatable bonds is 4. The third-order valence-corrected chi connectivity index (χ3v) is 7.74. The molecule has 0 aliphatic carbocycles. The minimum absolute atomic E-state index is 0.0506. The Labute approximate surface area is 199 Å². The first-order valence-corrected chi connectivity index (χ1v) is 12.7. The van der Waals surface area contributed by atoms with E-state index in [-0.39, 0.29) is 10.9 Å². The minimum Gasteiger partial charge on any atom is -0.231 e. The molecule has 0 saturated heterocycles. The average molecular weight is 503 g/mol. The van der Waals surface area contributed by atoms with Crippen LogP contribution in [0.15, 0.2) is 76.7 Å². The summed E-state index contributed by atoms with van der Waals surface area (Å²) in [7, 11) is -3.80. The lowest BCUT2D eigenvalue weighted by molar-refractivity contribution is 0.598. The molecular weight excluding hydrogens is 487 g/mol. The number of anilines is 1. The van der Waals surface area contributed by atoms with Crippen LogP contribution in [0.1, 0.15) is 23.6 Å². The van der Waals surface area contributed by atoms with Crippen molar-refractivity contribution in [3.63, 3.8) is 0 Å². The highest BCUT2D eigenvalue weighted by atomic mass is 35.5. The van der Waals surface area contributed by atoms with Gasteiger partial charge in [-0.1, -0.05) is 64.9 Å². The fourth-order valence-electron chi connectivity index (χ4n) is 3.66. The Morgan fingerprint density at radius 3 is 2.50 bits per heavy atom. The molecule has 1 aliphatic heterocycles. The zero-order chi connectivity index (χ0) is 22.5. The van der Waals surface area contributed by atoms with E-state index in [1.165, 1.54) is 23.5 Å². The Kier molecular flexibility index (Phi) is 5.43. The van der Waals surface area contributed by atoms with Crippen molar-refractivity contribution in [2.24, 2.45) is 10.2 Å². The number of benzene rings is 3. The van der Waals surface area contributed by atoms with Crippen LogP contribution in [0.2, 0.25) is 10.0 Å². The van der Waals surface area contributed by atoms with Crippen molar-refractivity contribution in [1.82, 2.24) is 4.98 Å². The van der Waals surface area contributed by atoms with Crippen LogP contribution in [0, 0.1) is 0 Å². The van der Waals surface area contributed by atoms with E-state index in [9.17, 15) is 8.42 Å². The van der Waals surface area contributed by atoms with E-state index in [1.54, 1.807) is 6.07 Å². The van der Waals surface area contributed by atoms with Crippen LogP contribution in [0.4, 0.5) is 5.13 Å². The zero-order valence-corrected chi connectivity index (χ0v) is 19.6. The highest BCUT2D eigenvalue weighted by molar-refractivity contribution is 7.89. The van der Waals surface area contributed by atoms with Gasteiger partial charge in [-0.25, -0.2) is 23.5 Å². The Hall–Kier alpha value is -2.49. The summed E-state index contributed by atoms with van der Waals surface area (Å²) in [5.41, 5.74) is 3.46. The molecule has 1 aliphatic rings. The molecule has 10 heteroatoms. The third-order valence-electron chi connectivity index (χ3n) is 5.23. The Bertz CT molecular complexity index is 1470. The van der Waals surface area contributed by atoms with E-state index in [4.69, 9.17) is 38.4 Å². The quantitative estimate of drug-likeness (QED) is 0.392. The lowest BCUT2D eigenvalue weighted by atomic mass is 9.98. The molecule has 0 amide bonds. The van der Waals surface area contributed by atoms with E-state index >= 15 is 0 Å². The number of aromatic nitrogens is 1. The molecule has 1 atom stereocenters. The van der Waals surface area contributed by atoms with Gasteiger partial charge in [-0.2, -0.15) is 5.10 Å². The molecule has 3 aromatic carbocycles. The van der Waals surface area contributed by atoms with Gasteiger partial charge in [0.1, 0.15) is 0 Å². The number of fused-ring (bicyclic) bond motifs is 1. The van der Waals surface area contributed by atoms with Crippen LogP contribution in [0.5, 0.6) is 0 Å². The van der Waals surface area contributed by atoms with Crippen molar-refractivity contribution in [3.8, 4) is 0 Å². The number of hydrogen-bond donors (Lipinski definition) is 1. The molecule has 5 rings (SSSR count). The van der Waals surface area contributed by atoms with Crippen molar-refractivity contribution in [3.05, 3.63) is 87.9 Å². The van der Waals surface area contributed by atoms with Crippen LogP contribution in [0.3, 0.4) is 0 Å². The zero-order valence-electron chi connectivity index (χ0n) is 16.4. The molecule has 0 fully saturated rings. The molecule has 4 aromatic rings. The minimum atomic E-state index is -3.80. The summed E-state index contributed by atoms with van der Waals surface area (Å²) in [6, 6.07) is 19.7. The number of primary sulfonamides is 1. The summed E-state index contributed by atoms with van der Waals surface area (Å²) in [4.78, 5) is 4.75. The van der Waals surface area contributed by atoms with Crippen LogP contribution in [0.25, 0.3) is 10.2 Å². The normalized spacial score (nSPS) is 16.5. The van der Waals surface area contributed by atoms with E-state index in [0.717, 1.165) is 16.8 Å². The second-order valence-corrected chi connectivity index (χ2v) is 10.7. The van der Waals surface area contributed by atoms with Crippen LogP contribution in [-0.2, 0) is 10.0 Å². The molecule has 1 unspecified atom stereocenters. The van der Waals surface area contributed by atoms with Gasteiger partial charge in [0.25, 0.3) is 0 Å². The van der Waals surface area contributed by atoms with Gasteiger partial charge < -0.3 is 0 Å². The molecule has 0 radical (unpaired) electrons. The molecule has 162 valence electrons. The first-order valence-electron chi connectivity index (χ1n) is 9.60. The molecule has 32 heavy (non-hydrogen) atoms.